The fraction of sp³-hybridized carbons (Fsp3) is 0.160. The van der Waals surface area contributed by atoms with Crippen LogP contribution in [0.4, 0.5) is 10.2 Å². The van der Waals surface area contributed by atoms with Gasteiger partial charge >= 0.3 is 0 Å². The highest BCUT2D eigenvalue weighted by Gasteiger charge is 2.56. The van der Waals surface area contributed by atoms with Gasteiger partial charge in [-0.15, -0.1) is 5.10 Å². The van der Waals surface area contributed by atoms with Gasteiger partial charge in [-0.3, -0.25) is 14.5 Å². The number of nitrogen functional groups attached to an aromatic ring is 1. The molecule has 3 atom stereocenters. The standard InChI is InChI=1S/C25H17ClFN11O/c26-11-2-4-18(37-9-29-35-36-37)15(6-11)16-8-19(39)38-21(13-7-14(13)25(38)30-16)20-22(27)32-24(31-20)10-1-3-12-17(5-10)33-34-23(12)28/h1-6,8-9,13-14,21H,7H2,(H,31,32)(H3,28,33,34). The molecule has 2 aliphatic rings. The number of nitrogens with two attached hydrogens (primary N) is 1. The molecule has 1 aliphatic carbocycles. The predicted octanol–water partition coefficient (Wildman–Crippen LogP) is 3.23. The number of H-pyrrole nitrogens is 2. The Morgan fingerprint density at radius 2 is 2.03 bits per heavy atom. The zero-order valence-electron chi connectivity index (χ0n) is 19.9. The number of rotatable bonds is 4. The Bertz CT molecular complexity index is 1990. The Morgan fingerprint density at radius 3 is 2.87 bits per heavy atom. The number of aromatic nitrogens is 10. The average molecular weight is 542 g/mol. The molecular weight excluding hydrogens is 525 g/mol. The monoisotopic (exact) mass is 541 g/mol. The minimum atomic E-state index is -0.649. The third-order valence-corrected chi connectivity index (χ3v) is 7.75. The highest BCUT2D eigenvalue weighted by Crippen LogP contribution is 2.60. The van der Waals surface area contributed by atoms with Gasteiger partial charge in [0.15, 0.2) is 5.82 Å². The van der Waals surface area contributed by atoms with E-state index in [1.54, 1.807) is 41.0 Å². The highest BCUT2D eigenvalue weighted by molar-refractivity contribution is 6.31. The molecular formula is C25H17ClFN11O. The van der Waals surface area contributed by atoms with Crippen molar-refractivity contribution in [2.75, 3.05) is 5.73 Å². The lowest BCUT2D eigenvalue weighted by Crippen LogP contribution is -2.27. The van der Waals surface area contributed by atoms with Crippen LogP contribution in [0.15, 0.2) is 53.6 Å². The number of nitrogens with zero attached hydrogens (tertiary/aromatic N) is 8. The van der Waals surface area contributed by atoms with E-state index in [0.29, 0.717) is 50.5 Å². The van der Waals surface area contributed by atoms with Crippen LogP contribution in [0.5, 0.6) is 0 Å². The summed E-state index contributed by atoms with van der Waals surface area (Å²) in [4.78, 5) is 25.7. The number of imidazole rings is 1. The zero-order valence-corrected chi connectivity index (χ0v) is 20.6. The number of fused-ring (bicyclic) bond motifs is 4. The first-order valence-electron chi connectivity index (χ1n) is 12.1. The van der Waals surface area contributed by atoms with Crippen molar-refractivity contribution in [2.24, 2.45) is 5.92 Å². The summed E-state index contributed by atoms with van der Waals surface area (Å²) < 4.78 is 18.4. The van der Waals surface area contributed by atoms with E-state index in [9.17, 15) is 4.79 Å². The van der Waals surface area contributed by atoms with Crippen LogP contribution >= 0.6 is 11.6 Å². The fourth-order valence-electron chi connectivity index (χ4n) is 5.65. The number of hydrogen-bond donors (Lipinski definition) is 3. The van der Waals surface area contributed by atoms with Crippen molar-refractivity contribution >= 4 is 28.3 Å². The van der Waals surface area contributed by atoms with Crippen LogP contribution in [0.25, 0.3) is 39.2 Å². The maximum Gasteiger partial charge on any atom is 0.254 e. The normalized spacial score (nSPS) is 19.4. The first-order valence-corrected chi connectivity index (χ1v) is 12.5. The van der Waals surface area contributed by atoms with Crippen LogP contribution in [0.2, 0.25) is 5.02 Å². The molecule has 192 valence electrons. The molecule has 1 fully saturated rings. The molecule has 0 saturated heterocycles. The molecule has 0 amide bonds. The maximum atomic E-state index is 15.3. The Balaban J connectivity index is 1.22. The summed E-state index contributed by atoms with van der Waals surface area (Å²) in [6, 6.07) is 11.5. The van der Waals surface area contributed by atoms with E-state index in [-0.39, 0.29) is 23.1 Å². The number of anilines is 1. The summed E-state index contributed by atoms with van der Waals surface area (Å²) in [5, 5.41) is 19.5. The second-order valence-corrected chi connectivity index (χ2v) is 10.2. The van der Waals surface area contributed by atoms with E-state index in [1.807, 2.05) is 0 Å². The molecule has 1 aliphatic heterocycles. The van der Waals surface area contributed by atoms with Gasteiger partial charge in [0.2, 0.25) is 5.95 Å². The molecule has 6 aromatic rings. The molecule has 4 aromatic heterocycles. The van der Waals surface area contributed by atoms with Crippen molar-refractivity contribution < 1.29 is 4.39 Å². The number of benzene rings is 2. The van der Waals surface area contributed by atoms with Crippen molar-refractivity contribution in [3.05, 3.63) is 81.6 Å². The van der Waals surface area contributed by atoms with Crippen molar-refractivity contribution in [2.45, 2.75) is 18.4 Å². The molecule has 4 N–H and O–H groups in total. The van der Waals surface area contributed by atoms with Gasteiger partial charge in [-0.1, -0.05) is 17.7 Å². The summed E-state index contributed by atoms with van der Waals surface area (Å²) in [7, 11) is 0. The Kier molecular flexibility index (Phi) is 4.42. The molecule has 0 spiro atoms. The number of halogens is 2. The number of hydrogen-bond acceptors (Lipinski definition) is 8. The molecule has 3 unspecified atom stereocenters. The van der Waals surface area contributed by atoms with E-state index in [0.717, 1.165) is 11.8 Å². The van der Waals surface area contributed by atoms with Crippen LogP contribution < -0.4 is 11.3 Å². The largest absolute Gasteiger partial charge is 0.382 e. The second-order valence-electron chi connectivity index (χ2n) is 9.73. The van der Waals surface area contributed by atoms with Gasteiger partial charge in [-0.2, -0.15) is 14.2 Å². The van der Waals surface area contributed by atoms with Crippen LogP contribution in [0.3, 0.4) is 0 Å². The lowest BCUT2D eigenvalue weighted by Gasteiger charge is -2.17. The van der Waals surface area contributed by atoms with Gasteiger partial charge in [0.1, 0.15) is 18.0 Å². The van der Waals surface area contributed by atoms with E-state index in [1.165, 1.54) is 17.1 Å². The maximum absolute atomic E-state index is 15.3. The van der Waals surface area contributed by atoms with Crippen LogP contribution in [0.1, 0.15) is 29.9 Å². The van der Waals surface area contributed by atoms with E-state index in [2.05, 4.69) is 35.7 Å². The van der Waals surface area contributed by atoms with Crippen LogP contribution in [-0.4, -0.2) is 49.9 Å². The smallest absolute Gasteiger partial charge is 0.254 e. The first kappa shape index (κ1) is 22.1. The minimum absolute atomic E-state index is 0.0359. The van der Waals surface area contributed by atoms with Gasteiger partial charge in [0, 0.05) is 33.5 Å². The minimum Gasteiger partial charge on any atom is -0.382 e. The van der Waals surface area contributed by atoms with Gasteiger partial charge in [-0.05, 0) is 53.1 Å². The SMILES string of the molecule is Nc1n[nH]c2cc(-c3nc(F)c(C4C5CC5c5nc(-c6cc(Cl)ccc6-n6cnnn6)cc(=O)n54)[nH]3)ccc12. The highest BCUT2D eigenvalue weighted by atomic mass is 35.5. The number of aromatic amines is 2. The van der Waals surface area contributed by atoms with Gasteiger partial charge in [-0.25, -0.2) is 9.97 Å². The summed E-state index contributed by atoms with van der Waals surface area (Å²) in [6.45, 7) is 0. The molecule has 1 saturated carbocycles. The third-order valence-electron chi connectivity index (χ3n) is 7.51. The van der Waals surface area contributed by atoms with Crippen molar-refractivity contribution in [1.29, 1.82) is 0 Å². The molecule has 5 heterocycles. The quantitative estimate of drug-likeness (QED) is 0.306. The first-order chi connectivity index (χ1) is 19.0. The van der Waals surface area contributed by atoms with Crippen LogP contribution in [-0.2, 0) is 0 Å². The fourth-order valence-corrected chi connectivity index (χ4v) is 5.83. The molecule has 0 bridgehead atoms. The molecule has 8 rings (SSSR count). The lowest BCUT2D eigenvalue weighted by atomic mass is 10.1. The summed E-state index contributed by atoms with van der Waals surface area (Å²) in [5.74, 6) is 0.778. The molecule has 14 heteroatoms. The summed E-state index contributed by atoms with van der Waals surface area (Å²) in [6.07, 6.45) is 2.25. The molecule has 0 radical (unpaired) electrons. The topological polar surface area (TPSA) is 162 Å². The van der Waals surface area contributed by atoms with Gasteiger partial charge < -0.3 is 10.7 Å². The average Bonchev–Trinajstić information content (AvgIpc) is 3.29. The third kappa shape index (κ3) is 3.26. The number of nitrogens with one attached hydrogen (secondary N) is 2. The van der Waals surface area contributed by atoms with Gasteiger partial charge in [0.25, 0.3) is 5.56 Å². The van der Waals surface area contributed by atoms with E-state index < -0.39 is 12.0 Å². The van der Waals surface area contributed by atoms with Crippen LogP contribution in [0, 0.1) is 11.9 Å². The van der Waals surface area contributed by atoms with Crippen molar-refractivity contribution in [1.82, 2.24) is 49.9 Å². The summed E-state index contributed by atoms with van der Waals surface area (Å²) >= 11 is 6.29. The zero-order chi connectivity index (χ0) is 26.4. The predicted molar refractivity (Wildman–Crippen MR) is 139 cm³/mol. The molecule has 39 heavy (non-hydrogen) atoms. The summed E-state index contributed by atoms with van der Waals surface area (Å²) in [5.41, 5.74) is 8.90. The Hall–Kier alpha value is -4.91. The van der Waals surface area contributed by atoms with E-state index >= 15 is 4.39 Å². The Morgan fingerprint density at radius 1 is 1.13 bits per heavy atom. The van der Waals surface area contributed by atoms with E-state index in [4.69, 9.17) is 22.3 Å². The van der Waals surface area contributed by atoms with Crippen molar-refractivity contribution in [3.63, 3.8) is 0 Å². The van der Waals surface area contributed by atoms with Gasteiger partial charge in [0.05, 0.1) is 28.6 Å². The Labute approximate surface area is 222 Å². The second kappa shape index (κ2) is 7.80. The van der Waals surface area contributed by atoms with Crippen molar-refractivity contribution in [3.8, 4) is 28.3 Å². The lowest BCUT2D eigenvalue weighted by molar-refractivity contribution is 0.479. The molecule has 12 nitrogen and oxygen atoms in total. The number of tetrazole rings is 1. The molecule has 2 aromatic carbocycles.